The van der Waals surface area contributed by atoms with Gasteiger partial charge in [-0.05, 0) is 37.7 Å². The number of aliphatic carboxylic acids is 2. The topological polar surface area (TPSA) is 130 Å². The molecule has 6 N–H and O–H groups in total. The third kappa shape index (κ3) is 12.4. The fraction of sp³-hybridized carbons (Fsp3) is 0.632. The Balaban J connectivity index is 4.01. The van der Waals surface area contributed by atoms with Crippen molar-refractivity contribution in [2.75, 3.05) is 6.54 Å². The van der Waals surface area contributed by atoms with E-state index >= 15 is 0 Å². The zero-order chi connectivity index (χ0) is 20.1. The molecule has 0 spiro atoms. The van der Waals surface area contributed by atoms with Gasteiger partial charge in [0.25, 0.3) is 0 Å². The largest absolute Gasteiger partial charge is 0.481 e. The lowest BCUT2D eigenvalue weighted by Gasteiger charge is -2.08. The minimum atomic E-state index is -0.962. The highest BCUT2D eigenvalue weighted by Crippen LogP contribution is 2.12. The van der Waals surface area contributed by atoms with Crippen LogP contribution in [0.1, 0.15) is 58.3 Å². The van der Waals surface area contributed by atoms with Gasteiger partial charge in [-0.1, -0.05) is 13.0 Å². The van der Waals surface area contributed by atoms with E-state index in [0.717, 1.165) is 49.9 Å². The van der Waals surface area contributed by atoms with Crippen molar-refractivity contribution >= 4 is 18.7 Å². The van der Waals surface area contributed by atoms with Gasteiger partial charge in [0.05, 0.1) is 6.42 Å². The molecule has 0 aliphatic heterocycles. The Labute approximate surface area is 156 Å². The maximum absolute atomic E-state index is 10.6. The first-order valence-electron chi connectivity index (χ1n) is 9.03. The van der Waals surface area contributed by atoms with E-state index in [4.69, 9.17) is 21.7 Å². The minimum absolute atomic E-state index is 0.00418. The summed E-state index contributed by atoms with van der Waals surface area (Å²) in [5, 5.41) is 17.4. The van der Waals surface area contributed by atoms with Crippen LogP contribution >= 0.6 is 0 Å². The summed E-state index contributed by atoms with van der Waals surface area (Å²) in [7, 11) is 0. The van der Waals surface area contributed by atoms with Crippen LogP contribution in [0, 0.1) is 0 Å². The number of nitrogens with two attached hydrogens (primary N) is 2. The normalized spacial score (nSPS) is 13.9. The van der Waals surface area contributed by atoms with Gasteiger partial charge >= 0.3 is 11.9 Å². The second-order valence-corrected chi connectivity index (χ2v) is 6.75. The minimum Gasteiger partial charge on any atom is -0.481 e. The van der Waals surface area contributed by atoms with Crippen LogP contribution in [0.5, 0.6) is 0 Å². The van der Waals surface area contributed by atoms with Crippen LogP contribution < -0.4 is 11.5 Å². The molecule has 0 aliphatic carbocycles. The van der Waals surface area contributed by atoms with Crippen molar-refractivity contribution in [3.63, 3.8) is 0 Å². The lowest BCUT2D eigenvalue weighted by atomic mass is 10.0. The molecule has 0 aliphatic rings. The summed E-state index contributed by atoms with van der Waals surface area (Å²) in [6, 6.07) is -1.09. The van der Waals surface area contributed by atoms with Crippen LogP contribution in [-0.4, -0.2) is 52.1 Å². The SMILES string of the molecule is C=C(C=C(C)[N+](=C)CCCCC(N)CC(=O)O)CCCCC(N)C(=O)O. The van der Waals surface area contributed by atoms with E-state index in [1.54, 1.807) is 0 Å². The Bertz CT molecular complexity index is 529. The molecule has 0 aromatic carbocycles. The van der Waals surface area contributed by atoms with E-state index in [1.165, 1.54) is 0 Å². The van der Waals surface area contributed by atoms with E-state index in [2.05, 4.69) is 13.3 Å². The number of carbonyl (C=O) groups is 2. The Kier molecular flexibility index (Phi) is 12.2. The molecule has 2 atom stereocenters. The summed E-state index contributed by atoms with van der Waals surface area (Å²) in [5.74, 6) is -1.82. The highest BCUT2D eigenvalue weighted by molar-refractivity contribution is 5.72. The van der Waals surface area contributed by atoms with Gasteiger partial charge < -0.3 is 21.7 Å². The standard InChI is InChI=1S/C19H33N3O4/c1-14(8-4-5-10-17(21)19(25)26)12-15(2)22(3)11-7-6-9-16(20)13-18(23)24/h12,16-17H,1,3-11,13,20-21H2,2H3,(H-,23,24,25,26)/p+1. The molecule has 0 aromatic rings. The van der Waals surface area contributed by atoms with Crippen LogP contribution in [0.4, 0.5) is 0 Å². The molecule has 0 saturated carbocycles. The lowest BCUT2D eigenvalue weighted by molar-refractivity contribution is -0.468. The Morgan fingerprint density at radius 2 is 1.73 bits per heavy atom. The molecule has 0 radical (unpaired) electrons. The quantitative estimate of drug-likeness (QED) is 0.152. The number of allylic oxidation sites excluding steroid dienone is 3. The molecule has 0 rings (SSSR count). The average Bonchev–Trinajstić information content (AvgIpc) is 2.54. The van der Waals surface area contributed by atoms with Crippen LogP contribution in [0.3, 0.4) is 0 Å². The molecule has 148 valence electrons. The molecule has 26 heavy (non-hydrogen) atoms. The van der Waals surface area contributed by atoms with Gasteiger partial charge in [0, 0.05) is 25.5 Å². The van der Waals surface area contributed by atoms with E-state index in [1.807, 2.05) is 17.6 Å². The zero-order valence-corrected chi connectivity index (χ0v) is 15.8. The molecular weight excluding hydrogens is 334 g/mol. The molecular formula is C19H34N3O4+. The van der Waals surface area contributed by atoms with Crippen molar-refractivity contribution in [2.24, 2.45) is 11.5 Å². The summed E-state index contributed by atoms with van der Waals surface area (Å²) in [6.45, 7) is 10.8. The van der Waals surface area contributed by atoms with E-state index in [0.29, 0.717) is 12.8 Å². The van der Waals surface area contributed by atoms with Gasteiger partial charge in [0.1, 0.15) is 19.3 Å². The third-order valence-corrected chi connectivity index (χ3v) is 4.18. The number of carboxylic acids is 2. The van der Waals surface area contributed by atoms with Crippen LogP contribution in [-0.2, 0) is 9.59 Å². The molecule has 0 aromatic heterocycles. The van der Waals surface area contributed by atoms with Crippen molar-refractivity contribution in [1.82, 2.24) is 0 Å². The van der Waals surface area contributed by atoms with Crippen LogP contribution in [0.15, 0.2) is 23.9 Å². The first kappa shape index (κ1) is 24.0. The van der Waals surface area contributed by atoms with Gasteiger partial charge in [-0.25, -0.2) is 4.58 Å². The van der Waals surface area contributed by atoms with Gasteiger partial charge in [-0.3, -0.25) is 9.59 Å². The summed E-state index contributed by atoms with van der Waals surface area (Å²) < 4.78 is 1.90. The number of hydrogen-bond donors (Lipinski definition) is 4. The van der Waals surface area contributed by atoms with Crippen molar-refractivity contribution in [1.29, 1.82) is 0 Å². The fourth-order valence-electron chi connectivity index (χ4n) is 2.51. The number of rotatable bonds is 15. The molecule has 7 nitrogen and oxygen atoms in total. The van der Waals surface area contributed by atoms with Crippen molar-refractivity contribution in [2.45, 2.75) is 70.4 Å². The fourth-order valence-corrected chi connectivity index (χ4v) is 2.51. The predicted molar refractivity (Wildman–Crippen MR) is 103 cm³/mol. The van der Waals surface area contributed by atoms with E-state index in [9.17, 15) is 9.59 Å². The molecule has 0 fully saturated rings. The number of nitrogens with zero attached hydrogens (tertiary/aromatic N) is 1. The first-order valence-corrected chi connectivity index (χ1v) is 9.03. The molecule has 0 bridgehead atoms. The summed E-state index contributed by atoms with van der Waals surface area (Å²) >= 11 is 0. The molecule has 2 unspecified atom stereocenters. The monoisotopic (exact) mass is 368 g/mol. The molecule has 0 amide bonds. The zero-order valence-electron chi connectivity index (χ0n) is 15.8. The maximum atomic E-state index is 10.6. The molecule has 7 heteroatoms. The van der Waals surface area contributed by atoms with Gasteiger partial charge in [-0.15, -0.1) is 0 Å². The first-order chi connectivity index (χ1) is 12.1. The van der Waals surface area contributed by atoms with Gasteiger partial charge in [0.15, 0.2) is 5.70 Å². The predicted octanol–water partition coefficient (Wildman–Crippen LogP) is 2.10. The van der Waals surface area contributed by atoms with E-state index in [-0.39, 0.29) is 12.5 Å². The van der Waals surface area contributed by atoms with Crippen LogP contribution in [0.25, 0.3) is 0 Å². The number of hydrogen-bond acceptors (Lipinski definition) is 4. The van der Waals surface area contributed by atoms with Crippen molar-refractivity contribution in [3.05, 3.63) is 23.9 Å². The highest BCUT2D eigenvalue weighted by Gasteiger charge is 2.11. The second-order valence-electron chi connectivity index (χ2n) is 6.75. The number of unbranched alkanes of at least 4 members (excludes halogenated alkanes) is 2. The van der Waals surface area contributed by atoms with Crippen molar-refractivity contribution < 1.29 is 24.4 Å². The Hall–Kier alpha value is -1.99. The average molecular weight is 368 g/mol. The Morgan fingerprint density at radius 1 is 1.12 bits per heavy atom. The summed E-state index contributed by atoms with van der Waals surface area (Å²) in [6.07, 6.45) is 7.29. The van der Waals surface area contributed by atoms with Gasteiger partial charge in [0.2, 0.25) is 0 Å². The smallest absolute Gasteiger partial charge is 0.320 e. The molecule has 0 saturated heterocycles. The van der Waals surface area contributed by atoms with Crippen molar-refractivity contribution in [3.8, 4) is 0 Å². The second kappa shape index (κ2) is 13.2. The summed E-state index contributed by atoms with van der Waals surface area (Å²) in [5.41, 5.74) is 13.2. The maximum Gasteiger partial charge on any atom is 0.320 e. The number of carboxylic acid groups (broad SMARTS) is 2. The highest BCUT2D eigenvalue weighted by atomic mass is 16.4. The van der Waals surface area contributed by atoms with Crippen LogP contribution in [0.2, 0.25) is 0 Å². The lowest BCUT2D eigenvalue weighted by Crippen LogP contribution is -2.29. The van der Waals surface area contributed by atoms with Gasteiger partial charge in [-0.2, -0.15) is 0 Å². The third-order valence-electron chi connectivity index (χ3n) is 4.18. The summed E-state index contributed by atoms with van der Waals surface area (Å²) in [4.78, 5) is 21.2. The molecule has 0 heterocycles. The Morgan fingerprint density at radius 3 is 2.31 bits per heavy atom. The van der Waals surface area contributed by atoms with E-state index < -0.39 is 18.0 Å².